The molecule has 0 aromatic heterocycles. The molecule has 3 N–H and O–H groups in total. The molecule has 0 aromatic rings. The molecule has 1 rings (SSSR count). The van der Waals surface area contributed by atoms with E-state index in [2.05, 4.69) is 5.32 Å². The lowest BCUT2D eigenvalue weighted by atomic mass is 10.1. The van der Waals surface area contributed by atoms with E-state index in [0.717, 1.165) is 19.4 Å². The summed E-state index contributed by atoms with van der Waals surface area (Å²) in [5.74, 6) is 0.118. The highest BCUT2D eigenvalue weighted by molar-refractivity contribution is 7.80. The summed E-state index contributed by atoms with van der Waals surface area (Å²) in [4.78, 5) is 14.3. The highest BCUT2D eigenvalue weighted by atomic mass is 32.1. The second-order valence-electron chi connectivity index (χ2n) is 5.21. The van der Waals surface area contributed by atoms with Gasteiger partial charge in [0.2, 0.25) is 5.91 Å². The van der Waals surface area contributed by atoms with Crippen LogP contribution in [0.5, 0.6) is 0 Å². The van der Waals surface area contributed by atoms with E-state index in [1.807, 2.05) is 11.9 Å². The molecule has 1 saturated carbocycles. The molecular formula is C13H25N3OS. The highest BCUT2D eigenvalue weighted by Gasteiger charge is 2.15. The fourth-order valence-electron chi connectivity index (χ4n) is 2.32. The zero-order valence-corrected chi connectivity index (χ0v) is 12.1. The molecule has 1 fully saturated rings. The summed E-state index contributed by atoms with van der Waals surface area (Å²) in [6, 6.07) is 0.379. The first-order valence-electron chi connectivity index (χ1n) is 6.84. The van der Waals surface area contributed by atoms with Crippen molar-refractivity contribution in [1.29, 1.82) is 0 Å². The van der Waals surface area contributed by atoms with Gasteiger partial charge in [-0.2, -0.15) is 0 Å². The number of likely N-dealkylation sites (N-methyl/N-ethyl adjacent to an activating group) is 1. The molecule has 0 bridgehead atoms. The number of nitrogens with two attached hydrogens (primary N) is 1. The molecule has 0 atom stereocenters. The Labute approximate surface area is 115 Å². The molecule has 4 nitrogen and oxygen atoms in total. The first-order chi connectivity index (χ1) is 8.58. The molecule has 0 spiro atoms. The monoisotopic (exact) mass is 271 g/mol. The maximum absolute atomic E-state index is 11.9. The number of hydrogen-bond donors (Lipinski definition) is 2. The second-order valence-corrected chi connectivity index (χ2v) is 5.73. The van der Waals surface area contributed by atoms with Gasteiger partial charge < -0.3 is 11.1 Å². The summed E-state index contributed by atoms with van der Waals surface area (Å²) < 4.78 is 0. The van der Waals surface area contributed by atoms with Gasteiger partial charge in [0.25, 0.3) is 0 Å². The summed E-state index contributed by atoms with van der Waals surface area (Å²) in [7, 11) is 1.92. The van der Waals surface area contributed by atoms with Gasteiger partial charge in [-0.05, 0) is 19.9 Å². The van der Waals surface area contributed by atoms with Crippen LogP contribution in [0.3, 0.4) is 0 Å². The van der Waals surface area contributed by atoms with Gasteiger partial charge in [-0.15, -0.1) is 0 Å². The molecular weight excluding hydrogens is 246 g/mol. The lowest BCUT2D eigenvalue weighted by Gasteiger charge is -2.20. The third-order valence-corrected chi connectivity index (χ3v) is 3.58. The van der Waals surface area contributed by atoms with E-state index in [-0.39, 0.29) is 5.91 Å². The van der Waals surface area contributed by atoms with Crippen LogP contribution in [0.1, 0.15) is 44.9 Å². The normalized spacial score (nSPS) is 17.4. The highest BCUT2D eigenvalue weighted by Crippen LogP contribution is 2.16. The lowest BCUT2D eigenvalue weighted by molar-refractivity contribution is -0.122. The quantitative estimate of drug-likeness (QED) is 0.567. The van der Waals surface area contributed by atoms with Crippen molar-refractivity contribution in [2.45, 2.75) is 51.0 Å². The van der Waals surface area contributed by atoms with Crippen LogP contribution < -0.4 is 11.1 Å². The minimum Gasteiger partial charge on any atom is -0.393 e. The maximum atomic E-state index is 11.9. The molecule has 0 unspecified atom stereocenters. The van der Waals surface area contributed by atoms with Gasteiger partial charge in [0.15, 0.2) is 0 Å². The lowest BCUT2D eigenvalue weighted by Crippen LogP contribution is -2.41. The Morgan fingerprint density at radius 3 is 2.50 bits per heavy atom. The topological polar surface area (TPSA) is 58.4 Å². The third kappa shape index (κ3) is 6.91. The minimum atomic E-state index is 0.118. The van der Waals surface area contributed by atoms with E-state index in [4.69, 9.17) is 18.0 Å². The molecule has 18 heavy (non-hydrogen) atoms. The van der Waals surface area contributed by atoms with Gasteiger partial charge in [0.1, 0.15) is 0 Å². The van der Waals surface area contributed by atoms with Gasteiger partial charge in [0.05, 0.1) is 11.5 Å². The van der Waals surface area contributed by atoms with E-state index >= 15 is 0 Å². The fourth-order valence-corrected chi connectivity index (χ4v) is 2.41. The number of hydrogen-bond acceptors (Lipinski definition) is 3. The summed E-state index contributed by atoms with van der Waals surface area (Å²) >= 11 is 4.82. The van der Waals surface area contributed by atoms with Gasteiger partial charge >= 0.3 is 0 Å². The minimum absolute atomic E-state index is 0.118. The number of thiocarbonyl (C=S) groups is 1. The summed E-state index contributed by atoms with van der Waals surface area (Å²) in [5.41, 5.74) is 5.44. The zero-order chi connectivity index (χ0) is 13.4. The summed E-state index contributed by atoms with van der Waals surface area (Å²) in [5, 5.41) is 3.13. The number of carbonyl (C=O) groups is 1. The van der Waals surface area contributed by atoms with E-state index < -0.39 is 0 Å². The fraction of sp³-hybridized carbons (Fsp3) is 0.846. The maximum Gasteiger partial charge on any atom is 0.234 e. The molecule has 5 heteroatoms. The van der Waals surface area contributed by atoms with E-state index in [9.17, 15) is 4.79 Å². The van der Waals surface area contributed by atoms with Crippen molar-refractivity contribution < 1.29 is 4.79 Å². The van der Waals surface area contributed by atoms with Crippen LogP contribution in [0.15, 0.2) is 0 Å². The van der Waals surface area contributed by atoms with Gasteiger partial charge in [-0.3, -0.25) is 9.69 Å². The number of nitrogens with zero attached hydrogens (tertiary/aromatic N) is 1. The standard InChI is InChI=1S/C13H25N3OS/c1-16(9-8-12(14)18)10-13(17)15-11-6-4-2-3-5-7-11/h11H,2-10H2,1H3,(H2,14,18)(H,15,17). The van der Waals surface area contributed by atoms with Crippen LogP contribution >= 0.6 is 12.2 Å². The molecule has 0 aromatic carbocycles. The van der Waals surface area contributed by atoms with Crippen molar-refractivity contribution in [2.75, 3.05) is 20.1 Å². The zero-order valence-electron chi connectivity index (χ0n) is 11.3. The Morgan fingerprint density at radius 2 is 1.94 bits per heavy atom. The van der Waals surface area contributed by atoms with Gasteiger partial charge in [0, 0.05) is 19.0 Å². The van der Waals surface area contributed by atoms with Crippen LogP contribution in [-0.4, -0.2) is 42.0 Å². The van der Waals surface area contributed by atoms with E-state index in [1.54, 1.807) is 0 Å². The molecule has 1 amide bonds. The molecule has 1 aliphatic carbocycles. The largest absolute Gasteiger partial charge is 0.393 e. The van der Waals surface area contributed by atoms with Crippen molar-refractivity contribution in [1.82, 2.24) is 10.2 Å². The van der Waals surface area contributed by atoms with E-state index in [0.29, 0.717) is 24.0 Å². The van der Waals surface area contributed by atoms with Crippen molar-refractivity contribution in [3.8, 4) is 0 Å². The Morgan fingerprint density at radius 1 is 1.33 bits per heavy atom. The van der Waals surface area contributed by atoms with Crippen LogP contribution in [0.4, 0.5) is 0 Å². The second kappa shape index (κ2) is 8.43. The summed E-state index contributed by atoms with van der Waals surface area (Å²) in [6.07, 6.45) is 8.01. The third-order valence-electron chi connectivity index (χ3n) is 3.37. The number of rotatable bonds is 6. The van der Waals surface area contributed by atoms with E-state index in [1.165, 1.54) is 25.7 Å². The van der Waals surface area contributed by atoms with Gasteiger partial charge in [-0.1, -0.05) is 37.9 Å². The number of amides is 1. The molecule has 104 valence electrons. The predicted molar refractivity (Wildman–Crippen MR) is 78.5 cm³/mol. The van der Waals surface area contributed by atoms with Crippen LogP contribution in [0, 0.1) is 0 Å². The SMILES string of the molecule is CN(CCC(N)=S)CC(=O)NC1CCCCCC1. The Kier molecular flexibility index (Phi) is 7.20. The molecule has 1 aliphatic rings. The average Bonchev–Trinajstić information content (AvgIpc) is 2.54. The Hall–Kier alpha value is -0.680. The molecule has 0 saturated heterocycles. The summed E-state index contributed by atoms with van der Waals surface area (Å²) in [6.45, 7) is 1.17. The smallest absolute Gasteiger partial charge is 0.234 e. The van der Waals surface area contributed by atoms with Crippen LogP contribution in [0.2, 0.25) is 0 Å². The van der Waals surface area contributed by atoms with Gasteiger partial charge in [-0.25, -0.2) is 0 Å². The molecule has 0 aliphatic heterocycles. The predicted octanol–water partition coefficient (Wildman–Crippen LogP) is 1.43. The molecule has 0 heterocycles. The average molecular weight is 271 g/mol. The van der Waals surface area contributed by atoms with Crippen molar-refractivity contribution >= 4 is 23.1 Å². The van der Waals surface area contributed by atoms with Crippen molar-refractivity contribution in [3.05, 3.63) is 0 Å². The Balaban J connectivity index is 2.20. The van der Waals surface area contributed by atoms with Crippen LogP contribution in [-0.2, 0) is 4.79 Å². The first kappa shape index (κ1) is 15.4. The first-order valence-corrected chi connectivity index (χ1v) is 7.25. The van der Waals surface area contributed by atoms with Crippen molar-refractivity contribution in [3.63, 3.8) is 0 Å². The van der Waals surface area contributed by atoms with Crippen LogP contribution in [0.25, 0.3) is 0 Å². The number of nitrogens with one attached hydrogen (secondary N) is 1. The van der Waals surface area contributed by atoms with Crippen molar-refractivity contribution in [2.24, 2.45) is 5.73 Å². The Bertz CT molecular complexity index is 275. The number of carbonyl (C=O) groups excluding carboxylic acids is 1. The molecule has 0 radical (unpaired) electrons.